The van der Waals surface area contributed by atoms with Gasteiger partial charge in [-0.2, -0.15) is 0 Å². The second-order valence-corrected chi connectivity index (χ2v) is 3.94. The van der Waals surface area contributed by atoms with Crippen molar-refractivity contribution in [3.63, 3.8) is 0 Å². The highest BCUT2D eigenvalue weighted by atomic mass is 35.5. The van der Waals surface area contributed by atoms with Gasteiger partial charge in [0.15, 0.2) is 0 Å². The van der Waals surface area contributed by atoms with Crippen LogP contribution in [-0.2, 0) is 16.1 Å². The standard InChI is InChI=1S/C13H19N3O2.ClH/c1-3-14-8-11-5-4-6-12(7-11)16-13(18)9-15-10(2)17;/h4-7,14H,3,8-9H2,1-2H3,(H,15,17)(H,16,18);1H. The van der Waals surface area contributed by atoms with Gasteiger partial charge in [-0.15, -0.1) is 12.4 Å². The highest BCUT2D eigenvalue weighted by Crippen LogP contribution is 2.10. The first-order chi connectivity index (χ1) is 8.61. The maximum Gasteiger partial charge on any atom is 0.243 e. The van der Waals surface area contributed by atoms with Crippen molar-refractivity contribution >= 4 is 29.9 Å². The molecule has 0 heterocycles. The topological polar surface area (TPSA) is 70.2 Å². The summed E-state index contributed by atoms with van der Waals surface area (Å²) in [6.45, 7) is 5.08. The molecule has 3 N–H and O–H groups in total. The summed E-state index contributed by atoms with van der Waals surface area (Å²) in [5.74, 6) is -0.447. The highest BCUT2D eigenvalue weighted by Gasteiger charge is 2.03. The number of benzene rings is 1. The fourth-order valence-corrected chi connectivity index (χ4v) is 1.44. The largest absolute Gasteiger partial charge is 0.347 e. The number of amides is 2. The first-order valence-electron chi connectivity index (χ1n) is 5.95. The van der Waals surface area contributed by atoms with E-state index in [2.05, 4.69) is 16.0 Å². The third-order valence-corrected chi connectivity index (χ3v) is 2.29. The summed E-state index contributed by atoms with van der Waals surface area (Å²) in [5.41, 5.74) is 1.84. The van der Waals surface area contributed by atoms with Gasteiger partial charge in [0, 0.05) is 19.2 Å². The van der Waals surface area contributed by atoms with Gasteiger partial charge in [0.25, 0.3) is 0 Å². The van der Waals surface area contributed by atoms with Crippen molar-refractivity contribution in [2.75, 3.05) is 18.4 Å². The molecule has 0 atom stereocenters. The summed E-state index contributed by atoms with van der Waals surface area (Å²) >= 11 is 0. The molecule has 1 aromatic rings. The lowest BCUT2D eigenvalue weighted by Crippen LogP contribution is -2.31. The quantitative estimate of drug-likeness (QED) is 0.738. The number of carbonyl (C=O) groups excluding carboxylic acids is 2. The van der Waals surface area contributed by atoms with Crippen LogP contribution >= 0.6 is 12.4 Å². The van der Waals surface area contributed by atoms with Crippen LogP contribution in [0.15, 0.2) is 24.3 Å². The molecule has 1 aromatic carbocycles. The average Bonchev–Trinajstić information content (AvgIpc) is 2.34. The number of hydrogen-bond acceptors (Lipinski definition) is 3. The molecule has 0 saturated carbocycles. The van der Waals surface area contributed by atoms with Gasteiger partial charge >= 0.3 is 0 Å². The minimum atomic E-state index is -0.231. The predicted octanol–water partition coefficient (Wildman–Crippen LogP) is 1.29. The average molecular weight is 286 g/mol. The first kappa shape index (κ1) is 17.4. The van der Waals surface area contributed by atoms with Crippen LogP contribution in [0.4, 0.5) is 5.69 Å². The summed E-state index contributed by atoms with van der Waals surface area (Å²) in [4.78, 5) is 22.2. The molecule has 19 heavy (non-hydrogen) atoms. The minimum Gasteiger partial charge on any atom is -0.347 e. The second-order valence-electron chi connectivity index (χ2n) is 3.94. The lowest BCUT2D eigenvalue weighted by molar-refractivity contribution is -0.122. The summed E-state index contributed by atoms with van der Waals surface area (Å²) in [7, 11) is 0. The lowest BCUT2D eigenvalue weighted by Gasteiger charge is -2.08. The van der Waals surface area contributed by atoms with E-state index in [1.54, 1.807) is 0 Å². The van der Waals surface area contributed by atoms with Gasteiger partial charge in [0.05, 0.1) is 6.54 Å². The second kappa shape index (κ2) is 9.35. The van der Waals surface area contributed by atoms with Crippen LogP contribution in [0.3, 0.4) is 0 Å². The molecule has 0 unspecified atom stereocenters. The van der Waals surface area contributed by atoms with Crippen LogP contribution in [0.25, 0.3) is 0 Å². The van der Waals surface area contributed by atoms with Gasteiger partial charge in [-0.3, -0.25) is 9.59 Å². The van der Waals surface area contributed by atoms with E-state index in [-0.39, 0.29) is 30.8 Å². The normalized spacial score (nSPS) is 9.37. The van der Waals surface area contributed by atoms with Crippen molar-refractivity contribution in [1.82, 2.24) is 10.6 Å². The van der Waals surface area contributed by atoms with Crippen molar-refractivity contribution in [2.45, 2.75) is 20.4 Å². The van der Waals surface area contributed by atoms with E-state index in [0.717, 1.165) is 24.3 Å². The summed E-state index contributed by atoms with van der Waals surface area (Å²) in [6.07, 6.45) is 0. The molecule has 0 bridgehead atoms. The van der Waals surface area contributed by atoms with Gasteiger partial charge in [-0.25, -0.2) is 0 Å². The maximum atomic E-state index is 11.5. The molecule has 2 amide bonds. The van der Waals surface area contributed by atoms with E-state index in [1.165, 1.54) is 6.92 Å². The summed E-state index contributed by atoms with van der Waals surface area (Å²) in [6, 6.07) is 7.61. The molecular formula is C13H20ClN3O2. The Morgan fingerprint density at radius 3 is 2.63 bits per heavy atom. The molecule has 1 rings (SSSR count). The Kier molecular flexibility index (Phi) is 8.57. The van der Waals surface area contributed by atoms with Gasteiger partial charge in [0.2, 0.25) is 11.8 Å². The van der Waals surface area contributed by atoms with Crippen molar-refractivity contribution in [3.8, 4) is 0 Å². The van der Waals surface area contributed by atoms with Gasteiger partial charge in [0.1, 0.15) is 0 Å². The Labute approximate surface area is 119 Å². The molecule has 0 saturated heterocycles. The van der Waals surface area contributed by atoms with E-state index in [1.807, 2.05) is 31.2 Å². The van der Waals surface area contributed by atoms with Gasteiger partial charge in [-0.05, 0) is 24.2 Å². The van der Waals surface area contributed by atoms with E-state index < -0.39 is 0 Å². The molecule has 0 aromatic heterocycles. The summed E-state index contributed by atoms with van der Waals surface area (Å²) < 4.78 is 0. The van der Waals surface area contributed by atoms with Crippen LogP contribution < -0.4 is 16.0 Å². The lowest BCUT2D eigenvalue weighted by atomic mass is 10.2. The Hall–Kier alpha value is -1.59. The van der Waals surface area contributed by atoms with Gasteiger partial charge in [-0.1, -0.05) is 19.1 Å². The minimum absolute atomic E-state index is 0. The number of carbonyl (C=O) groups is 2. The van der Waals surface area contributed by atoms with Crippen LogP contribution in [0.5, 0.6) is 0 Å². The molecule has 0 radical (unpaired) electrons. The molecule has 6 heteroatoms. The van der Waals surface area contributed by atoms with E-state index in [4.69, 9.17) is 0 Å². The molecule has 5 nitrogen and oxygen atoms in total. The van der Waals surface area contributed by atoms with Gasteiger partial charge < -0.3 is 16.0 Å². The Bertz CT molecular complexity index is 424. The van der Waals surface area contributed by atoms with Crippen molar-refractivity contribution in [2.24, 2.45) is 0 Å². The number of hydrogen-bond donors (Lipinski definition) is 3. The number of anilines is 1. The number of nitrogens with one attached hydrogen (secondary N) is 3. The Morgan fingerprint density at radius 1 is 1.26 bits per heavy atom. The van der Waals surface area contributed by atoms with Crippen molar-refractivity contribution in [1.29, 1.82) is 0 Å². The SMILES string of the molecule is CCNCc1cccc(NC(=O)CNC(C)=O)c1.Cl. The van der Waals surface area contributed by atoms with Crippen molar-refractivity contribution in [3.05, 3.63) is 29.8 Å². The van der Waals surface area contributed by atoms with Crippen LogP contribution in [-0.4, -0.2) is 24.9 Å². The van der Waals surface area contributed by atoms with Crippen LogP contribution in [0.1, 0.15) is 19.4 Å². The number of rotatable bonds is 6. The van der Waals surface area contributed by atoms with Crippen LogP contribution in [0, 0.1) is 0 Å². The maximum absolute atomic E-state index is 11.5. The Balaban J connectivity index is 0.00000324. The summed E-state index contributed by atoms with van der Waals surface area (Å²) in [5, 5.41) is 8.40. The fourth-order valence-electron chi connectivity index (χ4n) is 1.44. The Morgan fingerprint density at radius 2 is 2.00 bits per heavy atom. The highest BCUT2D eigenvalue weighted by molar-refractivity contribution is 5.94. The van der Waals surface area contributed by atoms with Crippen molar-refractivity contribution < 1.29 is 9.59 Å². The monoisotopic (exact) mass is 285 g/mol. The van der Waals surface area contributed by atoms with E-state index in [0.29, 0.717) is 0 Å². The smallest absolute Gasteiger partial charge is 0.243 e. The fraction of sp³-hybridized carbons (Fsp3) is 0.385. The zero-order valence-corrected chi connectivity index (χ0v) is 12.0. The molecule has 0 aliphatic rings. The number of halogens is 1. The third-order valence-electron chi connectivity index (χ3n) is 2.29. The van der Waals surface area contributed by atoms with E-state index >= 15 is 0 Å². The third kappa shape index (κ3) is 7.43. The molecule has 0 fully saturated rings. The molecule has 0 aliphatic carbocycles. The zero-order chi connectivity index (χ0) is 13.4. The first-order valence-corrected chi connectivity index (χ1v) is 5.95. The van der Waals surface area contributed by atoms with E-state index in [9.17, 15) is 9.59 Å². The molecule has 0 spiro atoms. The van der Waals surface area contributed by atoms with Crippen LogP contribution in [0.2, 0.25) is 0 Å². The molecular weight excluding hydrogens is 266 g/mol. The zero-order valence-electron chi connectivity index (χ0n) is 11.2. The molecule has 0 aliphatic heterocycles. The predicted molar refractivity (Wildman–Crippen MR) is 78.4 cm³/mol. The molecule has 106 valence electrons.